The number of amides is 1. The first-order valence-corrected chi connectivity index (χ1v) is 5.88. The third kappa shape index (κ3) is 3.23. The summed E-state index contributed by atoms with van der Waals surface area (Å²) in [5.74, 6) is -0.157. The summed E-state index contributed by atoms with van der Waals surface area (Å²) in [5.41, 5.74) is 0.911. The minimum atomic E-state index is -0.524. The zero-order valence-electron chi connectivity index (χ0n) is 10.1. The molecule has 0 spiro atoms. The van der Waals surface area contributed by atoms with Crippen molar-refractivity contribution in [1.29, 1.82) is 0 Å². The molecule has 0 aliphatic heterocycles. The number of anilines is 1. The maximum atomic E-state index is 13.0. The number of benzene rings is 2. The van der Waals surface area contributed by atoms with E-state index in [-0.39, 0.29) is 10.9 Å². The molecule has 0 aliphatic carbocycles. The molecular formula is C14H11ClFNO2. The van der Waals surface area contributed by atoms with E-state index in [1.54, 1.807) is 31.4 Å². The van der Waals surface area contributed by atoms with Crippen LogP contribution in [0.4, 0.5) is 10.1 Å². The van der Waals surface area contributed by atoms with Crippen molar-refractivity contribution in [3.8, 4) is 5.75 Å². The highest BCUT2D eigenvalue weighted by Crippen LogP contribution is 2.20. The number of ether oxygens (including phenoxy) is 1. The van der Waals surface area contributed by atoms with Crippen molar-refractivity contribution in [3.63, 3.8) is 0 Å². The number of carbonyl (C=O) groups excluding carboxylic acids is 1. The molecule has 0 radical (unpaired) electrons. The Labute approximate surface area is 115 Å². The molecule has 0 heterocycles. The van der Waals surface area contributed by atoms with Crippen molar-refractivity contribution in [2.24, 2.45) is 0 Å². The molecule has 1 N–H and O–H groups in total. The summed E-state index contributed by atoms with van der Waals surface area (Å²) >= 11 is 5.64. The van der Waals surface area contributed by atoms with Crippen LogP contribution in [0.1, 0.15) is 10.4 Å². The van der Waals surface area contributed by atoms with Gasteiger partial charge in [0.25, 0.3) is 5.91 Å². The van der Waals surface area contributed by atoms with Crippen molar-refractivity contribution in [1.82, 2.24) is 0 Å². The lowest BCUT2D eigenvalue weighted by Crippen LogP contribution is -2.11. The second kappa shape index (κ2) is 5.71. The van der Waals surface area contributed by atoms with E-state index in [2.05, 4.69) is 5.32 Å². The highest BCUT2D eigenvalue weighted by Gasteiger charge is 2.07. The van der Waals surface area contributed by atoms with Crippen LogP contribution in [-0.4, -0.2) is 13.0 Å². The van der Waals surface area contributed by atoms with E-state index in [1.165, 1.54) is 18.2 Å². The molecule has 98 valence electrons. The van der Waals surface area contributed by atoms with E-state index in [9.17, 15) is 9.18 Å². The fourth-order valence-corrected chi connectivity index (χ4v) is 1.70. The molecule has 1 amide bonds. The summed E-state index contributed by atoms with van der Waals surface area (Å²) in [7, 11) is 1.55. The van der Waals surface area contributed by atoms with Gasteiger partial charge >= 0.3 is 0 Å². The Kier molecular flexibility index (Phi) is 4.02. The minimum Gasteiger partial charge on any atom is -0.497 e. The Morgan fingerprint density at radius 2 is 1.89 bits per heavy atom. The molecule has 2 rings (SSSR count). The van der Waals surface area contributed by atoms with Crippen molar-refractivity contribution >= 4 is 23.2 Å². The Hall–Kier alpha value is -2.07. The summed E-state index contributed by atoms with van der Waals surface area (Å²) in [4.78, 5) is 11.9. The average molecular weight is 280 g/mol. The summed E-state index contributed by atoms with van der Waals surface area (Å²) in [6, 6.07) is 10.7. The third-order valence-electron chi connectivity index (χ3n) is 2.53. The fraction of sp³-hybridized carbons (Fsp3) is 0.0714. The average Bonchev–Trinajstić information content (AvgIpc) is 2.43. The fourth-order valence-electron chi connectivity index (χ4n) is 1.52. The second-order valence-corrected chi connectivity index (χ2v) is 4.22. The predicted molar refractivity (Wildman–Crippen MR) is 72.4 cm³/mol. The van der Waals surface area contributed by atoms with Gasteiger partial charge in [0.15, 0.2) is 0 Å². The summed E-state index contributed by atoms with van der Waals surface area (Å²) in [6.07, 6.45) is 0. The van der Waals surface area contributed by atoms with Gasteiger partial charge in [-0.25, -0.2) is 4.39 Å². The SMILES string of the molecule is COc1ccc(C(=O)Nc2ccc(F)c(Cl)c2)cc1. The van der Waals surface area contributed by atoms with Crippen LogP contribution in [0.5, 0.6) is 5.75 Å². The van der Waals surface area contributed by atoms with Crippen LogP contribution in [-0.2, 0) is 0 Å². The number of halogens is 2. The molecule has 0 unspecified atom stereocenters. The van der Waals surface area contributed by atoms with Crippen LogP contribution in [0.15, 0.2) is 42.5 Å². The van der Waals surface area contributed by atoms with Crippen molar-refractivity contribution in [2.75, 3.05) is 12.4 Å². The maximum Gasteiger partial charge on any atom is 0.255 e. The van der Waals surface area contributed by atoms with Gasteiger partial charge in [-0.3, -0.25) is 4.79 Å². The van der Waals surface area contributed by atoms with Gasteiger partial charge in [0.2, 0.25) is 0 Å². The molecule has 0 aliphatic rings. The van der Waals surface area contributed by atoms with E-state index in [1.807, 2.05) is 0 Å². The number of nitrogens with one attached hydrogen (secondary N) is 1. The molecule has 3 nitrogen and oxygen atoms in total. The number of methoxy groups -OCH3 is 1. The van der Waals surface area contributed by atoms with Gasteiger partial charge in [-0.05, 0) is 42.5 Å². The monoisotopic (exact) mass is 279 g/mol. The number of rotatable bonds is 3. The topological polar surface area (TPSA) is 38.3 Å². The van der Waals surface area contributed by atoms with E-state index in [0.29, 0.717) is 17.0 Å². The van der Waals surface area contributed by atoms with Gasteiger partial charge in [0, 0.05) is 11.3 Å². The van der Waals surface area contributed by atoms with Crippen LogP contribution in [0.2, 0.25) is 5.02 Å². The van der Waals surface area contributed by atoms with Crippen molar-refractivity contribution in [2.45, 2.75) is 0 Å². The lowest BCUT2D eigenvalue weighted by atomic mass is 10.2. The second-order valence-electron chi connectivity index (χ2n) is 3.81. The van der Waals surface area contributed by atoms with Crippen molar-refractivity contribution in [3.05, 3.63) is 58.9 Å². The quantitative estimate of drug-likeness (QED) is 0.929. The summed E-state index contributed by atoms with van der Waals surface area (Å²) < 4.78 is 18.0. The Bertz CT molecular complexity index is 599. The van der Waals surface area contributed by atoms with Crippen LogP contribution >= 0.6 is 11.6 Å². The maximum absolute atomic E-state index is 13.0. The van der Waals surface area contributed by atoms with Gasteiger partial charge in [-0.2, -0.15) is 0 Å². The number of hydrogen-bond acceptors (Lipinski definition) is 2. The van der Waals surface area contributed by atoms with Gasteiger partial charge < -0.3 is 10.1 Å². The van der Waals surface area contributed by atoms with Crippen LogP contribution in [0.25, 0.3) is 0 Å². The van der Waals surface area contributed by atoms with Gasteiger partial charge in [-0.1, -0.05) is 11.6 Å². The van der Waals surface area contributed by atoms with E-state index < -0.39 is 5.82 Å². The van der Waals surface area contributed by atoms with E-state index in [4.69, 9.17) is 16.3 Å². The van der Waals surface area contributed by atoms with Crippen LogP contribution in [0, 0.1) is 5.82 Å². The lowest BCUT2D eigenvalue weighted by Gasteiger charge is -2.06. The molecular weight excluding hydrogens is 269 g/mol. The Balaban J connectivity index is 2.13. The van der Waals surface area contributed by atoms with Crippen LogP contribution in [0.3, 0.4) is 0 Å². The molecule has 0 bridgehead atoms. The molecule has 0 fully saturated rings. The minimum absolute atomic E-state index is 0.0347. The lowest BCUT2D eigenvalue weighted by molar-refractivity contribution is 0.102. The molecule has 0 atom stereocenters. The molecule has 19 heavy (non-hydrogen) atoms. The molecule has 5 heteroatoms. The van der Waals surface area contributed by atoms with Crippen LogP contribution < -0.4 is 10.1 Å². The first kappa shape index (κ1) is 13.4. The normalized spacial score (nSPS) is 10.1. The van der Waals surface area contributed by atoms with Gasteiger partial charge in [0.05, 0.1) is 12.1 Å². The van der Waals surface area contributed by atoms with Gasteiger partial charge in [-0.15, -0.1) is 0 Å². The van der Waals surface area contributed by atoms with E-state index >= 15 is 0 Å². The first-order valence-electron chi connectivity index (χ1n) is 5.50. The molecule has 0 aromatic heterocycles. The number of hydrogen-bond donors (Lipinski definition) is 1. The zero-order chi connectivity index (χ0) is 13.8. The Morgan fingerprint density at radius 3 is 2.47 bits per heavy atom. The highest BCUT2D eigenvalue weighted by molar-refractivity contribution is 6.31. The van der Waals surface area contributed by atoms with Crippen molar-refractivity contribution < 1.29 is 13.9 Å². The first-order chi connectivity index (χ1) is 9.10. The molecule has 0 saturated carbocycles. The highest BCUT2D eigenvalue weighted by atomic mass is 35.5. The molecule has 2 aromatic rings. The zero-order valence-corrected chi connectivity index (χ0v) is 10.9. The van der Waals surface area contributed by atoms with Gasteiger partial charge in [0.1, 0.15) is 11.6 Å². The standard InChI is InChI=1S/C14H11ClFNO2/c1-19-11-5-2-9(3-6-11)14(18)17-10-4-7-13(16)12(15)8-10/h2-8H,1H3,(H,17,18). The smallest absolute Gasteiger partial charge is 0.255 e. The Morgan fingerprint density at radius 1 is 1.21 bits per heavy atom. The van der Waals surface area contributed by atoms with E-state index in [0.717, 1.165) is 0 Å². The summed E-state index contributed by atoms with van der Waals surface area (Å²) in [5, 5.41) is 2.60. The third-order valence-corrected chi connectivity index (χ3v) is 2.82. The largest absolute Gasteiger partial charge is 0.497 e. The summed E-state index contributed by atoms with van der Waals surface area (Å²) in [6.45, 7) is 0. The molecule has 0 saturated heterocycles. The molecule has 2 aromatic carbocycles. The predicted octanol–water partition coefficient (Wildman–Crippen LogP) is 3.74. The number of carbonyl (C=O) groups is 1.